The molecule has 0 aromatic heterocycles. The highest BCUT2D eigenvalue weighted by Crippen LogP contribution is 2.32. The fourth-order valence-corrected chi connectivity index (χ4v) is 1.76. The van der Waals surface area contributed by atoms with Gasteiger partial charge in [-0.2, -0.15) is 0 Å². The molecule has 0 N–H and O–H groups in total. The zero-order valence-electron chi connectivity index (χ0n) is 9.64. The molecule has 1 saturated carbocycles. The first kappa shape index (κ1) is 11.5. The lowest BCUT2D eigenvalue weighted by molar-refractivity contribution is -0.165. The molecule has 0 amide bonds. The van der Waals surface area contributed by atoms with E-state index in [9.17, 15) is 4.79 Å². The van der Waals surface area contributed by atoms with Gasteiger partial charge in [-0.15, -0.1) is 0 Å². The maximum Gasteiger partial charge on any atom is 0.312 e. The minimum Gasteiger partial charge on any atom is -0.462 e. The average molecular weight is 198 g/mol. The van der Waals surface area contributed by atoms with Crippen molar-refractivity contribution in [2.24, 2.45) is 5.41 Å². The summed E-state index contributed by atoms with van der Waals surface area (Å²) in [6.07, 6.45) is 6.44. The second-order valence-corrected chi connectivity index (χ2v) is 4.62. The molecule has 1 fully saturated rings. The van der Waals surface area contributed by atoms with Gasteiger partial charge in [-0.25, -0.2) is 0 Å². The number of carbonyl (C=O) groups is 1. The Morgan fingerprint density at radius 3 is 2.43 bits per heavy atom. The molecule has 1 aliphatic rings. The predicted molar refractivity (Wildman–Crippen MR) is 57.0 cm³/mol. The van der Waals surface area contributed by atoms with Gasteiger partial charge in [0.25, 0.3) is 0 Å². The fourth-order valence-electron chi connectivity index (χ4n) is 1.76. The van der Waals surface area contributed by atoms with Gasteiger partial charge in [0.2, 0.25) is 0 Å². The van der Waals surface area contributed by atoms with Gasteiger partial charge >= 0.3 is 5.97 Å². The maximum absolute atomic E-state index is 11.9. The van der Waals surface area contributed by atoms with Crippen LogP contribution in [0.5, 0.6) is 0 Å². The van der Waals surface area contributed by atoms with Crippen LogP contribution in [0.3, 0.4) is 0 Å². The van der Waals surface area contributed by atoms with Gasteiger partial charge in [0.15, 0.2) is 0 Å². The number of hydrogen-bond acceptors (Lipinski definition) is 2. The van der Waals surface area contributed by atoms with Crippen LogP contribution in [0.2, 0.25) is 0 Å². The van der Waals surface area contributed by atoms with E-state index in [2.05, 4.69) is 13.8 Å². The summed E-state index contributed by atoms with van der Waals surface area (Å²) in [5.41, 5.74) is -0.246. The Morgan fingerprint density at radius 2 is 2.07 bits per heavy atom. The van der Waals surface area contributed by atoms with E-state index in [4.69, 9.17) is 4.74 Å². The van der Waals surface area contributed by atoms with Crippen LogP contribution in [0.1, 0.15) is 59.3 Å². The topological polar surface area (TPSA) is 26.3 Å². The molecule has 0 aromatic carbocycles. The van der Waals surface area contributed by atoms with Crippen LogP contribution >= 0.6 is 0 Å². The lowest BCUT2D eigenvalue weighted by Gasteiger charge is -2.31. The standard InChI is InChI=1S/C12H22O2/c1-4-9-12(3,5-2)11(13)14-10-7-6-8-10/h10H,4-9H2,1-3H3. The second-order valence-electron chi connectivity index (χ2n) is 4.62. The summed E-state index contributed by atoms with van der Waals surface area (Å²) in [5, 5.41) is 0. The zero-order chi connectivity index (χ0) is 10.6. The molecule has 0 saturated heterocycles. The molecule has 1 atom stereocenters. The number of ether oxygens (including phenoxy) is 1. The molecule has 0 aliphatic heterocycles. The minimum atomic E-state index is -0.246. The van der Waals surface area contributed by atoms with E-state index in [1.54, 1.807) is 0 Å². The second kappa shape index (κ2) is 4.81. The lowest BCUT2D eigenvalue weighted by Crippen LogP contribution is -2.35. The van der Waals surface area contributed by atoms with Gasteiger partial charge in [0, 0.05) is 0 Å². The van der Waals surface area contributed by atoms with E-state index < -0.39 is 0 Å². The molecule has 1 unspecified atom stereocenters. The molecule has 0 heterocycles. The smallest absolute Gasteiger partial charge is 0.312 e. The Labute approximate surface area is 87.0 Å². The van der Waals surface area contributed by atoms with Crippen molar-refractivity contribution in [3.05, 3.63) is 0 Å². The SMILES string of the molecule is CCCC(C)(CC)C(=O)OC1CCC1. The first-order valence-corrected chi connectivity index (χ1v) is 5.83. The number of rotatable bonds is 5. The zero-order valence-corrected chi connectivity index (χ0v) is 9.64. The molecule has 14 heavy (non-hydrogen) atoms. The largest absolute Gasteiger partial charge is 0.462 e. The number of carbonyl (C=O) groups excluding carboxylic acids is 1. The van der Waals surface area contributed by atoms with Gasteiger partial charge in [-0.1, -0.05) is 20.3 Å². The summed E-state index contributed by atoms with van der Waals surface area (Å²) in [6, 6.07) is 0. The van der Waals surface area contributed by atoms with Gasteiger partial charge in [0.05, 0.1) is 5.41 Å². The van der Waals surface area contributed by atoms with Gasteiger partial charge in [-0.3, -0.25) is 4.79 Å². The Balaban J connectivity index is 2.45. The highest BCUT2D eigenvalue weighted by atomic mass is 16.5. The fraction of sp³-hybridized carbons (Fsp3) is 0.917. The van der Waals surface area contributed by atoms with Crippen molar-refractivity contribution in [2.75, 3.05) is 0 Å². The Hall–Kier alpha value is -0.530. The predicted octanol–water partition coefficient (Wildman–Crippen LogP) is 3.30. The van der Waals surface area contributed by atoms with Crippen LogP contribution in [-0.4, -0.2) is 12.1 Å². The molecule has 0 bridgehead atoms. The van der Waals surface area contributed by atoms with E-state index in [1.807, 2.05) is 6.92 Å². The van der Waals surface area contributed by atoms with Crippen molar-refractivity contribution in [1.82, 2.24) is 0 Å². The molecular formula is C12H22O2. The molecule has 0 aromatic rings. The van der Waals surface area contributed by atoms with Crippen LogP contribution in [0, 0.1) is 5.41 Å². The van der Waals surface area contributed by atoms with Crippen molar-refractivity contribution in [2.45, 2.75) is 65.4 Å². The first-order valence-electron chi connectivity index (χ1n) is 5.83. The molecular weight excluding hydrogens is 176 g/mol. The van der Waals surface area contributed by atoms with Crippen LogP contribution < -0.4 is 0 Å². The monoisotopic (exact) mass is 198 g/mol. The van der Waals surface area contributed by atoms with Crippen LogP contribution in [0.25, 0.3) is 0 Å². The highest BCUT2D eigenvalue weighted by molar-refractivity contribution is 5.76. The molecule has 82 valence electrons. The summed E-state index contributed by atoms with van der Waals surface area (Å²) in [7, 11) is 0. The van der Waals surface area contributed by atoms with E-state index in [0.29, 0.717) is 0 Å². The van der Waals surface area contributed by atoms with Crippen molar-refractivity contribution in [3.8, 4) is 0 Å². The molecule has 0 radical (unpaired) electrons. The number of esters is 1. The van der Waals surface area contributed by atoms with Crippen molar-refractivity contribution < 1.29 is 9.53 Å². The molecule has 1 rings (SSSR count). The highest BCUT2D eigenvalue weighted by Gasteiger charge is 2.34. The third kappa shape index (κ3) is 2.49. The van der Waals surface area contributed by atoms with Gasteiger partial charge in [-0.05, 0) is 39.0 Å². The summed E-state index contributed by atoms with van der Waals surface area (Å²) in [6.45, 7) is 6.21. The quantitative estimate of drug-likeness (QED) is 0.633. The molecule has 2 nitrogen and oxygen atoms in total. The Bertz CT molecular complexity index is 196. The first-order chi connectivity index (χ1) is 6.62. The van der Waals surface area contributed by atoms with E-state index >= 15 is 0 Å². The Morgan fingerprint density at radius 1 is 1.43 bits per heavy atom. The normalized spacial score (nSPS) is 21.1. The van der Waals surface area contributed by atoms with E-state index in [1.165, 1.54) is 6.42 Å². The molecule has 1 aliphatic carbocycles. The Kier molecular flexibility index (Phi) is 3.97. The van der Waals surface area contributed by atoms with Crippen LogP contribution in [-0.2, 0) is 9.53 Å². The van der Waals surface area contributed by atoms with Crippen LogP contribution in [0.15, 0.2) is 0 Å². The van der Waals surface area contributed by atoms with Gasteiger partial charge < -0.3 is 4.74 Å². The van der Waals surface area contributed by atoms with Crippen molar-refractivity contribution in [3.63, 3.8) is 0 Å². The van der Waals surface area contributed by atoms with Gasteiger partial charge in [0.1, 0.15) is 6.10 Å². The third-order valence-electron chi connectivity index (χ3n) is 3.40. The van der Waals surface area contributed by atoms with Crippen LogP contribution in [0.4, 0.5) is 0 Å². The van der Waals surface area contributed by atoms with E-state index in [-0.39, 0.29) is 17.5 Å². The number of hydrogen-bond donors (Lipinski definition) is 0. The molecule has 2 heteroatoms. The minimum absolute atomic E-state index is 0.0200. The van der Waals surface area contributed by atoms with Crippen molar-refractivity contribution in [1.29, 1.82) is 0 Å². The summed E-state index contributed by atoms with van der Waals surface area (Å²) in [4.78, 5) is 11.9. The summed E-state index contributed by atoms with van der Waals surface area (Å²) >= 11 is 0. The van der Waals surface area contributed by atoms with E-state index in [0.717, 1.165) is 32.1 Å². The maximum atomic E-state index is 11.9. The lowest BCUT2D eigenvalue weighted by atomic mass is 9.83. The average Bonchev–Trinajstić information content (AvgIpc) is 2.11. The third-order valence-corrected chi connectivity index (χ3v) is 3.40. The molecule has 0 spiro atoms. The summed E-state index contributed by atoms with van der Waals surface area (Å²) in [5.74, 6) is 0.0200. The summed E-state index contributed by atoms with van der Waals surface area (Å²) < 4.78 is 5.46. The van der Waals surface area contributed by atoms with Crippen molar-refractivity contribution >= 4 is 5.97 Å².